The molecule has 0 bridgehead atoms. The maximum Gasteiger partial charge on any atom is 0.250 e. The van der Waals surface area contributed by atoms with Crippen LogP contribution < -0.4 is 15.4 Å². The second-order valence-corrected chi connectivity index (χ2v) is 11.9. The molecule has 1 aliphatic heterocycles. The fourth-order valence-electron chi connectivity index (χ4n) is 4.44. The number of unbranched alkanes of at least 4 members (excludes halogenated alkanes) is 1. The van der Waals surface area contributed by atoms with Gasteiger partial charge in [0.05, 0.1) is 24.6 Å². The van der Waals surface area contributed by atoms with Crippen LogP contribution in [0.3, 0.4) is 0 Å². The summed E-state index contributed by atoms with van der Waals surface area (Å²) in [6.45, 7) is 6.60. The van der Waals surface area contributed by atoms with E-state index in [0.717, 1.165) is 5.56 Å². The van der Waals surface area contributed by atoms with Gasteiger partial charge in [0.2, 0.25) is 21.6 Å². The number of aromatic nitrogens is 6. The van der Waals surface area contributed by atoms with Crippen molar-refractivity contribution < 1.29 is 21.9 Å². The highest BCUT2D eigenvalue weighted by Gasteiger charge is 2.33. The standard InChI is InChI=1S/C23H35F2N9O3S/c1-15(2)37-21-20(17-10-28-29-11-17)27-14-34-22(21)31-23(32-34)30-18-6-8-33(13-16(18)3)38(35,36)9-5-4-7-26-12-19(24)25/h10-11,14-16,18-19,26H,4-9,12-13H2,1-3H3,(H,28,29)(H,30,32)/t16-,18+/m1/s1. The maximum atomic E-state index is 12.8. The van der Waals surface area contributed by atoms with Crippen LogP contribution in [-0.2, 0) is 10.0 Å². The third kappa shape index (κ3) is 6.94. The summed E-state index contributed by atoms with van der Waals surface area (Å²) < 4.78 is 59.1. The van der Waals surface area contributed by atoms with E-state index in [9.17, 15) is 17.2 Å². The predicted octanol–water partition coefficient (Wildman–Crippen LogP) is 2.39. The number of H-pyrrole nitrogens is 1. The van der Waals surface area contributed by atoms with Gasteiger partial charge >= 0.3 is 0 Å². The number of fused-ring (bicyclic) bond motifs is 1. The largest absolute Gasteiger partial charge is 0.485 e. The molecule has 12 nitrogen and oxygen atoms in total. The van der Waals surface area contributed by atoms with E-state index < -0.39 is 16.4 Å². The Morgan fingerprint density at radius 2 is 2.11 bits per heavy atom. The predicted molar refractivity (Wildman–Crippen MR) is 139 cm³/mol. The van der Waals surface area contributed by atoms with Crippen LogP contribution in [0.5, 0.6) is 5.75 Å². The number of anilines is 1. The number of nitrogens with zero attached hydrogens (tertiary/aromatic N) is 6. The number of alkyl halides is 2. The number of nitrogens with one attached hydrogen (secondary N) is 3. The Hall–Kier alpha value is -2.91. The minimum atomic E-state index is -3.42. The Labute approximate surface area is 220 Å². The molecular formula is C23H35F2N9O3S. The first-order chi connectivity index (χ1) is 18.1. The van der Waals surface area contributed by atoms with E-state index in [2.05, 4.69) is 35.9 Å². The summed E-state index contributed by atoms with van der Waals surface area (Å²) in [6.07, 6.45) is 4.00. The quantitative estimate of drug-likeness (QED) is 0.271. The van der Waals surface area contributed by atoms with E-state index in [1.54, 1.807) is 23.2 Å². The fraction of sp³-hybridized carbons (Fsp3) is 0.652. The molecule has 3 aromatic heterocycles. The number of hydrogen-bond acceptors (Lipinski definition) is 9. The summed E-state index contributed by atoms with van der Waals surface area (Å²) in [5.41, 5.74) is 1.89. The van der Waals surface area contributed by atoms with Crippen molar-refractivity contribution in [1.29, 1.82) is 0 Å². The molecule has 0 radical (unpaired) electrons. The topological polar surface area (TPSA) is 142 Å². The van der Waals surface area contributed by atoms with Crippen molar-refractivity contribution in [2.45, 2.75) is 58.6 Å². The molecule has 3 N–H and O–H groups in total. The average molecular weight is 556 g/mol. The first-order valence-electron chi connectivity index (χ1n) is 12.8. The van der Waals surface area contributed by atoms with Gasteiger partial charge in [-0.15, -0.1) is 5.10 Å². The van der Waals surface area contributed by atoms with Crippen LogP contribution in [0.15, 0.2) is 18.7 Å². The number of piperidine rings is 1. The van der Waals surface area contributed by atoms with Gasteiger partial charge in [0.1, 0.15) is 12.0 Å². The van der Waals surface area contributed by atoms with E-state index in [1.807, 2.05) is 20.8 Å². The summed E-state index contributed by atoms with van der Waals surface area (Å²) in [6, 6.07) is -0.0202. The molecule has 4 rings (SSSR count). The highest BCUT2D eigenvalue weighted by atomic mass is 32.2. The van der Waals surface area contributed by atoms with Gasteiger partial charge in [0.15, 0.2) is 5.75 Å². The Bertz CT molecular complexity index is 1280. The first kappa shape index (κ1) is 28.1. The van der Waals surface area contributed by atoms with Gasteiger partial charge in [-0.1, -0.05) is 6.92 Å². The van der Waals surface area contributed by atoms with Crippen molar-refractivity contribution in [3.05, 3.63) is 18.7 Å². The molecule has 1 aliphatic rings. The summed E-state index contributed by atoms with van der Waals surface area (Å²) in [5.74, 6) is 0.938. The zero-order chi connectivity index (χ0) is 27.3. The molecule has 38 heavy (non-hydrogen) atoms. The summed E-state index contributed by atoms with van der Waals surface area (Å²) in [7, 11) is -3.42. The molecule has 0 amide bonds. The van der Waals surface area contributed by atoms with Crippen LogP contribution in [0, 0.1) is 5.92 Å². The van der Waals surface area contributed by atoms with E-state index >= 15 is 0 Å². The molecule has 0 spiro atoms. The van der Waals surface area contributed by atoms with E-state index in [4.69, 9.17) is 4.74 Å². The van der Waals surface area contributed by atoms with Gasteiger partial charge in [-0.2, -0.15) is 14.6 Å². The number of hydrogen-bond donors (Lipinski definition) is 3. The van der Waals surface area contributed by atoms with Gasteiger partial charge in [0, 0.05) is 30.9 Å². The number of sulfonamides is 1. The van der Waals surface area contributed by atoms with Gasteiger partial charge in [-0.05, 0) is 45.6 Å². The average Bonchev–Trinajstić information content (AvgIpc) is 3.52. The number of rotatable bonds is 13. The molecule has 210 valence electrons. The Morgan fingerprint density at radius 3 is 2.79 bits per heavy atom. The zero-order valence-corrected chi connectivity index (χ0v) is 22.6. The normalized spacial score (nSPS) is 19.0. The van der Waals surface area contributed by atoms with Crippen LogP contribution in [0.25, 0.3) is 16.9 Å². The number of halogens is 2. The van der Waals surface area contributed by atoms with Gasteiger partial charge in [0.25, 0.3) is 6.43 Å². The second kappa shape index (κ2) is 12.3. The van der Waals surface area contributed by atoms with Crippen molar-refractivity contribution >= 4 is 21.6 Å². The molecule has 3 aromatic rings. The van der Waals surface area contributed by atoms with Crippen LogP contribution in [-0.4, -0.2) is 93.0 Å². The Morgan fingerprint density at radius 1 is 1.29 bits per heavy atom. The second-order valence-electron chi connectivity index (χ2n) is 9.77. The summed E-state index contributed by atoms with van der Waals surface area (Å²) in [5, 5.41) is 17.3. The van der Waals surface area contributed by atoms with Crippen LogP contribution in [0.4, 0.5) is 14.7 Å². The van der Waals surface area contributed by atoms with E-state index in [1.165, 1.54) is 4.31 Å². The van der Waals surface area contributed by atoms with E-state index in [0.29, 0.717) is 61.9 Å². The summed E-state index contributed by atoms with van der Waals surface area (Å²) >= 11 is 0. The van der Waals surface area contributed by atoms with Crippen LogP contribution in [0.1, 0.15) is 40.0 Å². The Kier molecular flexibility index (Phi) is 9.10. The molecule has 1 saturated heterocycles. The van der Waals surface area contributed by atoms with E-state index in [-0.39, 0.29) is 30.4 Å². The third-order valence-corrected chi connectivity index (χ3v) is 8.27. The lowest BCUT2D eigenvalue weighted by Gasteiger charge is -2.36. The van der Waals surface area contributed by atoms with Crippen molar-refractivity contribution in [3.63, 3.8) is 0 Å². The van der Waals surface area contributed by atoms with Crippen LogP contribution >= 0.6 is 0 Å². The van der Waals surface area contributed by atoms with Crippen molar-refractivity contribution in [2.24, 2.45) is 5.92 Å². The monoisotopic (exact) mass is 555 g/mol. The van der Waals surface area contributed by atoms with Crippen molar-refractivity contribution in [3.8, 4) is 17.0 Å². The third-order valence-electron chi connectivity index (χ3n) is 6.35. The summed E-state index contributed by atoms with van der Waals surface area (Å²) in [4.78, 5) is 9.17. The molecule has 4 heterocycles. The van der Waals surface area contributed by atoms with Gasteiger partial charge < -0.3 is 15.4 Å². The highest BCUT2D eigenvalue weighted by molar-refractivity contribution is 7.89. The molecule has 1 fully saturated rings. The molecule has 0 unspecified atom stereocenters. The molecule has 0 aromatic carbocycles. The molecule has 2 atom stereocenters. The molecule has 0 aliphatic carbocycles. The minimum absolute atomic E-state index is 0.00674. The van der Waals surface area contributed by atoms with Gasteiger partial charge in [-0.3, -0.25) is 5.10 Å². The van der Waals surface area contributed by atoms with Gasteiger partial charge in [-0.25, -0.2) is 26.5 Å². The SMILES string of the molecule is CC(C)Oc1c(-c2cn[nH]c2)ncn2nc(N[C@H]3CCN(S(=O)(=O)CCCCNCC(F)F)C[C@H]3C)nc12. The highest BCUT2D eigenvalue weighted by Crippen LogP contribution is 2.32. The lowest BCUT2D eigenvalue weighted by atomic mass is 9.95. The first-order valence-corrected chi connectivity index (χ1v) is 14.4. The molecule has 0 saturated carbocycles. The van der Waals surface area contributed by atoms with Crippen LogP contribution in [0.2, 0.25) is 0 Å². The smallest absolute Gasteiger partial charge is 0.250 e. The lowest BCUT2D eigenvalue weighted by molar-refractivity contribution is 0.146. The zero-order valence-electron chi connectivity index (χ0n) is 21.8. The van der Waals surface area contributed by atoms with Crippen molar-refractivity contribution in [2.75, 3.05) is 37.2 Å². The molecular weight excluding hydrogens is 520 g/mol. The molecule has 15 heteroatoms. The minimum Gasteiger partial charge on any atom is -0.485 e. The maximum absolute atomic E-state index is 12.8. The van der Waals surface area contributed by atoms with Crippen molar-refractivity contribution in [1.82, 2.24) is 39.4 Å². The number of aromatic amines is 1. The number of ether oxygens (including phenoxy) is 1. The lowest BCUT2D eigenvalue weighted by Crippen LogP contribution is -2.48. The fourth-order valence-corrected chi connectivity index (χ4v) is 6.11. The Balaban J connectivity index is 1.38.